The summed E-state index contributed by atoms with van der Waals surface area (Å²) in [5.41, 5.74) is 9.37. The van der Waals surface area contributed by atoms with Crippen molar-refractivity contribution in [1.29, 1.82) is 0 Å². The van der Waals surface area contributed by atoms with Gasteiger partial charge in [-0.3, -0.25) is 0 Å². The van der Waals surface area contributed by atoms with Crippen LogP contribution in [-0.2, 0) is 24.3 Å². The zero-order chi connectivity index (χ0) is 16.9. The van der Waals surface area contributed by atoms with Crippen LogP contribution in [0.4, 0.5) is 10.1 Å². The van der Waals surface area contributed by atoms with Crippen molar-refractivity contribution < 1.29 is 13.9 Å². The maximum atomic E-state index is 13.7. The number of benzene rings is 2. The van der Waals surface area contributed by atoms with Gasteiger partial charge in [0.25, 0.3) is 0 Å². The Morgan fingerprint density at radius 3 is 2.76 bits per heavy atom. The van der Waals surface area contributed by atoms with Gasteiger partial charge in [0.1, 0.15) is 11.6 Å². The first kappa shape index (κ1) is 19.5. The fraction of sp³-hybridized carbons (Fsp3) is 0.278. The summed E-state index contributed by atoms with van der Waals surface area (Å²) in [6, 6.07) is 10.8. The summed E-state index contributed by atoms with van der Waals surface area (Å²) in [7, 11) is 0. The fourth-order valence-corrected chi connectivity index (χ4v) is 2.56. The predicted molar refractivity (Wildman–Crippen MR) is 107 cm³/mol. The van der Waals surface area contributed by atoms with Crippen LogP contribution >= 0.6 is 24.0 Å². The second-order valence-electron chi connectivity index (χ2n) is 5.54. The first-order valence-corrected chi connectivity index (χ1v) is 7.83. The van der Waals surface area contributed by atoms with Crippen LogP contribution in [0.1, 0.15) is 23.6 Å². The van der Waals surface area contributed by atoms with Gasteiger partial charge in [-0.25, -0.2) is 9.38 Å². The SMILES string of the molecule is CCc1ccc(NC(N)=NCc2cc(F)cc3c2OCOC3)cc1.I. The molecule has 0 amide bonds. The van der Waals surface area contributed by atoms with Gasteiger partial charge in [0.15, 0.2) is 12.8 Å². The molecule has 0 unspecified atom stereocenters. The largest absolute Gasteiger partial charge is 0.467 e. The summed E-state index contributed by atoms with van der Waals surface area (Å²) in [5, 5.41) is 3.03. The minimum absolute atomic E-state index is 0. The third kappa shape index (κ3) is 5.05. The number of nitrogens with zero attached hydrogens (tertiary/aromatic N) is 1. The maximum absolute atomic E-state index is 13.7. The van der Waals surface area contributed by atoms with Crippen LogP contribution < -0.4 is 15.8 Å². The lowest BCUT2D eigenvalue weighted by molar-refractivity contribution is -0.0172. The van der Waals surface area contributed by atoms with Gasteiger partial charge in [0, 0.05) is 16.8 Å². The molecule has 0 aromatic heterocycles. The van der Waals surface area contributed by atoms with E-state index in [2.05, 4.69) is 17.2 Å². The summed E-state index contributed by atoms with van der Waals surface area (Å²) in [6.45, 7) is 2.82. The predicted octanol–water partition coefficient (Wildman–Crippen LogP) is 3.80. The number of ether oxygens (including phenoxy) is 2. The lowest BCUT2D eigenvalue weighted by Gasteiger charge is -2.20. The molecule has 25 heavy (non-hydrogen) atoms. The molecule has 1 heterocycles. The Hall–Kier alpha value is -1.87. The van der Waals surface area contributed by atoms with Gasteiger partial charge in [0.05, 0.1) is 13.2 Å². The molecule has 2 aromatic carbocycles. The molecule has 7 heteroatoms. The van der Waals surface area contributed by atoms with E-state index in [0.29, 0.717) is 23.5 Å². The highest BCUT2D eigenvalue weighted by Gasteiger charge is 2.16. The number of hydrogen-bond donors (Lipinski definition) is 2. The van der Waals surface area contributed by atoms with E-state index in [1.165, 1.54) is 17.7 Å². The second kappa shape index (κ2) is 9.00. The number of hydrogen-bond acceptors (Lipinski definition) is 3. The van der Waals surface area contributed by atoms with E-state index in [1.54, 1.807) is 0 Å². The molecule has 3 N–H and O–H groups in total. The Bertz CT molecular complexity index is 751. The molecule has 5 nitrogen and oxygen atoms in total. The monoisotopic (exact) mass is 457 g/mol. The van der Waals surface area contributed by atoms with Crippen LogP contribution in [0, 0.1) is 5.82 Å². The number of rotatable bonds is 4. The third-order valence-corrected chi connectivity index (χ3v) is 3.81. The van der Waals surface area contributed by atoms with Gasteiger partial charge < -0.3 is 20.5 Å². The summed E-state index contributed by atoms with van der Waals surface area (Å²) in [4.78, 5) is 4.28. The molecule has 0 spiro atoms. The number of halogens is 2. The number of aryl methyl sites for hydroxylation is 1. The second-order valence-corrected chi connectivity index (χ2v) is 5.54. The summed E-state index contributed by atoms with van der Waals surface area (Å²) in [5.74, 6) is 0.561. The normalized spacial score (nSPS) is 13.4. The van der Waals surface area contributed by atoms with Gasteiger partial charge in [0.2, 0.25) is 0 Å². The molecular formula is C18H21FIN3O2. The molecule has 2 aromatic rings. The molecule has 0 atom stereocenters. The lowest BCUT2D eigenvalue weighted by atomic mass is 10.1. The molecule has 1 aliphatic heterocycles. The van der Waals surface area contributed by atoms with Crippen LogP contribution in [0.15, 0.2) is 41.4 Å². The highest BCUT2D eigenvalue weighted by atomic mass is 127. The summed E-state index contributed by atoms with van der Waals surface area (Å²) < 4.78 is 24.3. The van der Waals surface area contributed by atoms with Gasteiger partial charge in [-0.15, -0.1) is 24.0 Å². The van der Waals surface area contributed by atoms with E-state index < -0.39 is 0 Å². The highest BCUT2D eigenvalue weighted by molar-refractivity contribution is 14.0. The standard InChI is InChI=1S/C18H20FN3O2.HI/c1-2-12-3-5-16(6-4-12)22-18(20)21-9-13-7-15(19)8-14-10-23-11-24-17(13)14;/h3-8H,2,9-11H2,1H3,(H3,20,21,22);1H. The number of guanidine groups is 1. The number of fused-ring (bicyclic) bond motifs is 1. The van der Waals surface area contributed by atoms with Gasteiger partial charge >= 0.3 is 0 Å². The Kier molecular flexibility index (Phi) is 7.01. The van der Waals surface area contributed by atoms with Crippen molar-refractivity contribution in [2.45, 2.75) is 26.5 Å². The quantitative estimate of drug-likeness (QED) is 0.417. The van der Waals surface area contributed by atoms with Crippen molar-refractivity contribution >= 4 is 35.6 Å². The summed E-state index contributed by atoms with van der Waals surface area (Å²) >= 11 is 0. The molecule has 0 saturated carbocycles. The van der Waals surface area contributed by atoms with Crippen molar-refractivity contribution in [1.82, 2.24) is 0 Å². The third-order valence-electron chi connectivity index (χ3n) is 3.81. The first-order chi connectivity index (χ1) is 11.7. The van der Waals surface area contributed by atoms with E-state index in [4.69, 9.17) is 15.2 Å². The van der Waals surface area contributed by atoms with E-state index in [0.717, 1.165) is 12.1 Å². The molecule has 3 rings (SSSR count). The average molecular weight is 457 g/mol. The van der Waals surface area contributed by atoms with Gasteiger partial charge in [-0.2, -0.15) is 0 Å². The van der Waals surface area contributed by atoms with Crippen LogP contribution in [0.5, 0.6) is 5.75 Å². The number of nitrogens with one attached hydrogen (secondary N) is 1. The van der Waals surface area contributed by atoms with Crippen LogP contribution in [0.3, 0.4) is 0 Å². The van der Waals surface area contributed by atoms with Crippen LogP contribution in [0.2, 0.25) is 0 Å². The molecule has 134 valence electrons. The molecule has 0 radical (unpaired) electrons. The Labute approximate surface area is 163 Å². The smallest absolute Gasteiger partial charge is 0.193 e. The van der Waals surface area contributed by atoms with Crippen molar-refractivity contribution in [2.75, 3.05) is 12.1 Å². The van der Waals surface area contributed by atoms with Crippen molar-refractivity contribution in [3.8, 4) is 5.75 Å². The Balaban J connectivity index is 0.00000225. The van der Waals surface area contributed by atoms with Crippen LogP contribution in [-0.4, -0.2) is 12.8 Å². The zero-order valence-corrected chi connectivity index (χ0v) is 16.3. The Morgan fingerprint density at radius 2 is 2.04 bits per heavy atom. The van der Waals surface area contributed by atoms with Crippen molar-refractivity contribution in [2.24, 2.45) is 10.7 Å². The van der Waals surface area contributed by atoms with Gasteiger partial charge in [-0.05, 0) is 36.2 Å². The molecule has 1 aliphatic rings. The maximum Gasteiger partial charge on any atom is 0.193 e. The molecule has 0 bridgehead atoms. The number of nitrogens with two attached hydrogens (primary N) is 1. The Morgan fingerprint density at radius 1 is 1.28 bits per heavy atom. The van der Waals surface area contributed by atoms with Gasteiger partial charge in [-0.1, -0.05) is 19.1 Å². The zero-order valence-electron chi connectivity index (χ0n) is 13.9. The highest BCUT2D eigenvalue weighted by Crippen LogP contribution is 2.29. The van der Waals surface area contributed by atoms with E-state index in [-0.39, 0.29) is 49.1 Å². The van der Waals surface area contributed by atoms with E-state index in [9.17, 15) is 4.39 Å². The molecule has 0 aliphatic carbocycles. The average Bonchev–Trinajstić information content (AvgIpc) is 2.60. The fourth-order valence-electron chi connectivity index (χ4n) is 2.56. The minimum atomic E-state index is -0.338. The number of aliphatic imine (C=N–C) groups is 1. The topological polar surface area (TPSA) is 68.9 Å². The molecular weight excluding hydrogens is 436 g/mol. The van der Waals surface area contributed by atoms with Crippen molar-refractivity contribution in [3.63, 3.8) is 0 Å². The minimum Gasteiger partial charge on any atom is -0.467 e. The van der Waals surface area contributed by atoms with E-state index in [1.807, 2.05) is 24.3 Å². The summed E-state index contributed by atoms with van der Waals surface area (Å²) in [6.07, 6.45) is 0.984. The number of anilines is 1. The van der Waals surface area contributed by atoms with Crippen molar-refractivity contribution in [3.05, 3.63) is 58.9 Å². The lowest BCUT2D eigenvalue weighted by Crippen LogP contribution is -2.22. The first-order valence-electron chi connectivity index (χ1n) is 7.83. The van der Waals surface area contributed by atoms with E-state index >= 15 is 0 Å². The molecule has 0 fully saturated rings. The van der Waals surface area contributed by atoms with Crippen LogP contribution in [0.25, 0.3) is 0 Å². The molecule has 0 saturated heterocycles.